The van der Waals surface area contributed by atoms with E-state index in [4.69, 9.17) is 9.47 Å². The summed E-state index contributed by atoms with van der Waals surface area (Å²) in [6, 6.07) is 0. The molecule has 0 saturated carbocycles. The molecule has 0 aromatic heterocycles. The van der Waals surface area contributed by atoms with Crippen molar-refractivity contribution in [3.8, 4) is 0 Å². The third-order valence-corrected chi connectivity index (χ3v) is 0.816. The normalized spacial score (nSPS) is 5.60. The fourth-order valence-corrected chi connectivity index (χ4v) is 0.408. The van der Waals surface area contributed by atoms with Crippen molar-refractivity contribution in [2.45, 2.75) is 27.7 Å². The molecule has 7 heteroatoms. The number of rotatable bonds is 4. The molecule has 0 rings (SSSR count). The first-order valence-electron chi connectivity index (χ1n) is 3.98. The number of hydrogen-bond acceptors (Lipinski definition) is 2. The molecular weight excluding hydrogens is 403 g/mol. The fourth-order valence-electron chi connectivity index (χ4n) is 0.408. The van der Waals surface area contributed by atoms with Crippen LogP contribution in [0.4, 0.5) is 0 Å². The predicted octanol–water partition coefficient (Wildman–Crippen LogP) is 0.562. The van der Waals surface area contributed by atoms with Gasteiger partial charge in [-0.1, -0.05) is 0 Å². The molecule has 0 N–H and O–H groups in total. The zero-order chi connectivity index (χ0) is 8.24. The molecule has 0 amide bonds. The van der Waals surface area contributed by atoms with Crippen molar-refractivity contribution in [3.05, 3.63) is 0 Å². The number of hydrogen-bond donors (Lipinski definition) is 0. The van der Waals surface area contributed by atoms with Crippen LogP contribution in [0.1, 0.15) is 27.7 Å². The van der Waals surface area contributed by atoms with E-state index in [1.165, 1.54) is 0 Å². The summed E-state index contributed by atoms with van der Waals surface area (Å²) in [5.41, 5.74) is 0. The maximum absolute atomic E-state index is 4.83. The Morgan fingerprint density at radius 1 is 0.533 bits per heavy atom. The van der Waals surface area contributed by atoms with Gasteiger partial charge in [0, 0.05) is 26.4 Å². The summed E-state index contributed by atoms with van der Waals surface area (Å²) in [4.78, 5) is 0. The van der Waals surface area contributed by atoms with E-state index in [-0.39, 0.29) is 73.6 Å². The zero-order valence-corrected chi connectivity index (χ0v) is 14.6. The summed E-state index contributed by atoms with van der Waals surface area (Å²) in [5.74, 6) is 0. The summed E-state index contributed by atoms with van der Waals surface area (Å²) in [5, 5.41) is 0. The van der Waals surface area contributed by atoms with E-state index in [9.17, 15) is 0 Å². The van der Waals surface area contributed by atoms with Gasteiger partial charge in [0.25, 0.3) is 0 Å². The van der Waals surface area contributed by atoms with Gasteiger partial charge in [0.05, 0.1) is 0 Å². The van der Waals surface area contributed by atoms with E-state index in [1.807, 2.05) is 27.7 Å². The van der Waals surface area contributed by atoms with Gasteiger partial charge in [-0.15, -0.1) is 0 Å². The van der Waals surface area contributed by atoms with E-state index >= 15 is 0 Å². The molecule has 80 valence electrons. The predicted molar refractivity (Wildman–Crippen MR) is 67.4 cm³/mol. The second kappa shape index (κ2) is 57.9. The molecule has 0 atom stereocenters. The van der Waals surface area contributed by atoms with E-state index < -0.39 is 0 Å². The monoisotopic (exact) mass is 424 g/mol. The van der Waals surface area contributed by atoms with Gasteiger partial charge in [0.15, 0.2) is 0 Å². The Bertz CT molecular complexity index is 45.6. The van der Waals surface area contributed by atoms with Gasteiger partial charge in [0.2, 0.25) is 0 Å². The van der Waals surface area contributed by atoms with Crippen molar-refractivity contribution in [2.24, 2.45) is 0 Å². The first-order chi connectivity index (χ1) is 4.83. The van der Waals surface area contributed by atoms with Crippen molar-refractivity contribution in [1.29, 1.82) is 0 Å². The Kier molecular flexibility index (Phi) is 170. The molecule has 0 aromatic carbocycles. The first kappa shape index (κ1) is 43.9. The molecule has 0 saturated heterocycles. The van der Waals surface area contributed by atoms with E-state index in [2.05, 4.69) is 0 Å². The molecule has 2 nitrogen and oxygen atoms in total. The second-order valence-corrected chi connectivity index (χ2v) is 1.56. The average Bonchev–Trinajstić information content (AvgIpc) is 1.93. The van der Waals surface area contributed by atoms with E-state index in [0.29, 0.717) is 0 Å². The van der Waals surface area contributed by atoms with Gasteiger partial charge in [-0.3, -0.25) is 0 Å². The molecular formula is C8H20B4O2Th. The quantitative estimate of drug-likeness (QED) is 0.616. The minimum absolute atomic E-state index is 0. The average molecular weight is 424 g/mol. The zero-order valence-electron chi connectivity index (χ0n) is 10.5. The van der Waals surface area contributed by atoms with Crippen molar-refractivity contribution in [1.82, 2.24) is 0 Å². The summed E-state index contributed by atoms with van der Waals surface area (Å²) in [6.07, 6.45) is 0. The van der Waals surface area contributed by atoms with Gasteiger partial charge in [-0.2, -0.15) is 0 Å². The minimum atomic E-state index is 0. The van der Waals surface area contributed by atoms with Gasteiger partial charge >= 0.3 is 39.9 Å². The molecule has 0 aliphatic carbocycles. The standard InChI is InChI=1S/2C4H10O.4B.Th/c2*1-3-5-4-2;;;;;/h2*3-4H2,1-2H3;;;;;/q;;4*-1;+4. The third-order valence-electron chi connectivity index (χ3n) is 0.816. The molecule has 16 radical (unpaired) electrons. The van der Waals surface area contributed by atoms with Crippen LogP contribution in [0, 0.1) is 39.9 Å². The Balaban J connectivity index is -0.0000000128. The number of ether oxygens (including phenoxy) is 2. The van der Waals surface area contributed by atoms with Crippen molar-refractivity contribution < 1.29 is 49.4 Å². The smallest absolute Gasteiger partial charge is 1.00 e. The van der Waals surface area contributed by atoms with Crippen LogP contribution in [-0.4, -0.2) is 60.1 Å². The first-order valence-corrected chi connectivity index (χ1v) is 3.98. The van der Waals surface area contributed by atoms with Crippen molar-refractivity contribution in [3.63, 3.8) is 0 Å². The van der Waals surface area contributed by atoms with Crippen LogP contribution in [0.25, 0.3) is 0 Å². The van der Waals surface area contributed by atoms with Gasteiger partial charge < -0.3 is 43.1 Å². The molecule has 0 spiro atoms. The Morgan fingerprint density at radius 3 is 0.667 bits per heavy atom. The van der Waals surface area contributed by atoms with Gasteiger partial charge in [0.1, 0.15) is 0 Å². The van der Waals surface area contributed by atoms with Gasteiger partial charge in [-0.05, 0) is 27.7 Å². The molecule has 0 aliphatic heterocycles. The maximum atomic E-state index is 4.83. The van der Waals surface area contributed by atoms with Crippen molar-refractivity contribution >= 4 is 33.7 Å². The van der Waals surface area contributed by atoms with Crippen LogP contribution in [0.15, 0.2) is 0 Å². The topological polar surface area (TPSA) is 18.5 Å². The molecule has 0 bridgehead atoms. The van der Waals surface area contributed by atoms with Crippen LogP contribution < -0.4 is 0 Å². The summed E-state index contributed by atoms with van der Waals surface area (Å²) < 4.78 is 9.67. The third kappa shape index (κ3) is 93.3. The minimum Gasteiger partial charge on any atom is -1.00 e. The Morgan fingerprint density at radius 2 is 0.667 bits per heavy atom. The van der Waals surface area contributed by atoms with Crippen LogP contribution >= 0.6 is 0 Å². The van der Waals surface area contributed by atoms with Crippen LogP contribution in [0.3, 0.4) is 0 Å². The van der Waals surface area contributed by atoms with Crippen LogP contribution in [0.5, 0.6) is 0 Å². The van der Waals surface area contributed by atoms with E-state index in [1.54, 1.807) is 0 Å². The molecule has 0 fully saturated rings. The molecule has 0 unspecified atom stereocenters. The largest absolute Gasteiger partial charge is 4.00 e. The molecule has 15 heavy (non-hydrogen) atoms. The summed E-state index contributed by atoms with van der Waals surface area (Å²) >= 11 is 0. The Labute approximate surface area is 136 Å². The van der Waals surface area contributed by atoms with E-state index in [0.717, 1.165) is 26.4 Å². The van der Waals surface area contributed by atoms with Crippen molar-refractivity contribution in [2.75, 3.05) is 26.4 Å². The molecule has 0 heterocycles. The van der Waals surface area contributed by atoms with Crippen LogP contribution in [-0.2, 0) is 9.47 Å². The van der Waals surface area contributed by atoms with Gasteiger partial charge in [-0.25, -0.2) is 0 Å². The molecule has 0 aliphatic rings. The maximum Gasteiger partial charge on any atom is 4.00 e. The molecule has 0 aromatic rings. The Hall–Kier alpha value is 1.50. The SMILES string of the molecule is CCOCC.CCOCC.[B-].[B-].[B-].[B-].[Th+4]. The van der Waals surface area contributed by atoms with Crippen LogP contribution in [0.2, 0.25) is 0 Å². The summed E-state index contributed by atoms with van der Waals surface area (Å²) in [6.45, 7) is 11.3. The second-order valence-electron chi connectivity index (χ2n) is 1.56. The fraction of sp³-hybridized carbons (Fsp3) is 1.00. The summed E-state index contributed by atoms with van der Waals surface area (Å²) in [7, 11) is 0.